The third-order valence-electron chi connectivity index (χ3n) is 5.84. The summed E-state index contributed by atoms with van der Waals surface area (Å²) in [5, 5.41) is 6.06. The second-order valence-electron chi connectivity index (χ2n) is 7.60. The van der Waals surface area contributed by atoms with Crippen molar-refractivity contribution in [2.75, 3.05) is 14.2 Å². The third-order valence-corrected chi connectivity index (χ3v) is 5.84. The SMILES string of the molecule is COC(=O)C1CCC(C(=O)NN)CC1.COC(=O)C1CCC(c2n[nH]c(=O)o2)CC1.Cl. The van der Waals surface area contributed by atoms with Crippen molar-refractivity contribution in [2.45, 2.75) is 57.3 Å². The van der Waals surface area contributed by atoms with Gasteiger partial charge in [0.25, 0.3) is 0 Å². The fraction of sp³-hybridized carbons (Fsp3) is 0.737. The van der Waals surface area contributed by atoms with Crippen molar-refractivity contribution in [3.63, 3.8) is 0 Å². The summed E-state index contributed by atoms with van der Waals surface area (Å²) in [7, 11) is 2.79. The van der Waals surface area contributed by atoms with Crippen LogP contribution >= 0.6 is 12.4 Å². The Morgan fingerprint density at radius 2 is 1.39 bits per heavy atom. The number of hydrazine groups is 1. The first-order valence-corrected chi connectivity index (χ1v) is 10.1. The van der Waals surface area contributed by atoms with Crippen molar-refractivity contribution < 1.29 is 28.3 Å². The lowest BCUT2D eigenvalue weighted by atomic mass is 9.82. The molecule has 0 bridgehead atoms. The number of nitrogens with one attached hydrogen (secondary N) is 2. The summed E-state index contributed by atoms with van der Waals surface area (Å²) < 4.78 is 14.3. The van der Waals surface area contributed by atoms with Crippen LogP contribution in [0.25, 0.3) is 0 Å². The molecule has 4 N–H and O–H groups in total. The smallest absolute Gasteiger partial charge is 0.434 e. The van der Waals surface area contributed by atoms with Gasteiger partial charge >= 0.3 is 17.7 Å². The van der Waals surface area contributed by atoms with Crippen molar-refractivity contribution in [1.29, 1.82) is 0 Å². The molecule has 2 aliphatic carbocycles. The molecule has 0 spiro atoms. The Bertz CT molecular complexity index is 741. The number of nitrogens with two attached hydrogens (primary N) is 1. The van der Waals surface area contributed by atoms with Crippen LogP contribution in [0.4, 0.5) is 0 Å². The predicted molar refractivity (Wildman–Crippen MR) is 111 cm³/mol. The molecule has 0 radical (unpaired) electrons. The van der Waals surface area contributed by atoms with E-state index in [0.29, 0.717) is 31.6 Å². The van der Waals surface area contributed by atoms with E-state index >= 15 is 0 Å². The Labute approximate surface area is 186 Å². The molecule has 2 fully saturated rings. The zero-order chi connectivity index (χ0) is 22.1. The van der Waals surface area contributed by atoms with E-state index in [-0.39, 0.29) is 53.9 Å². The number of H-pyrrole nitrogens is 1. The van der Waals surface area contributed by atoms with Crippen LogP contribution in [-0.2, 0) is 23.9 Å². The Kier molecular flexibility index (Phi) is 11.3. The van der Waals surface area contributed by atoms with E-state index in [1.807, 2.05) is 0 Å². The summed E-state index contributed by atoms with van der Waals surface area (Å²) in [5.41, 5.74) is 2.14. The van der Waals surface area contributed by atoms with Gasteiger partial charge in [0.05, 0.1) is 26.1 Å². The monoisotopic (exact) mass is 462 g/mol. The van der Waals surface area contributed by atoms with E-state index in [9.17, 15) is 19.2 Å². The number of carbonyl (C=O) groups is 3. The lowest BCUT2D eigenvalue weighted by molar-refractivity contribution is -0.148. The van der Waals surface area contributed by atoms with Gasteiger partial charge in [-0.1, -0.05) is 0 Å². The van der Waals surface area contributed by atoms with Gasteiger partial charge in [-0.25, -0.2) is 15.7 Å². The minimum Gasteiger partial charge on any atom is -0.469 e. The topological polar surface area (TPSA) is 167 Å². The molecule has 0 saturated heterocycles. The third kappa shape index (κ3) is 7.66. The molecule has 1 amide bonds. The summed E-state index contributed by atoms with van der Waals surface area (Å²) >= 11 is 0. The molecule has 31 heavy (non-hydrogen) atoms. The number of hydrogen-bond acceptors (Lipinski definition) is 9. The fourth-order valence-corrected chi connectivity index (χ4v) is 4.03. The highest BCUT2D eigenvalue weighted by Gasteiger charge is 2.31. The first-order valence-electron chi connectivity index (χ1n) is 10.1. The lowest BCUT2D eigenvalue weighted by Gasteiger charge is -2.25. The largest absolute Gasteiger partial charge is 0.469 e. The molecule has 0 unspecified atom stereocenters. The second kappa shape index (κ2) is 13.1. The number of aromatic amines is 1. The lowest BCUT2D eigenvalue weighted by Crippen LogP contribution is -2.38. The molecule has 3 rings (SSSR count). The van der Waals surface area contributed by atoms with Crippen LogP contribution in [0.2, 0.25) is 0 Å². The van der Waals surface area contributed by atoms with Crippen LogP contribution in [0.15, 0.2) is 9.21 Å². The second-order valence-corrected chi connectivity index (χ2v) is 7.60. The van der Waals surface area contributed by atoms with Crippen molar-refractivity contribution in [3.8, 4) is 0 Å². The normalized spacial score (nSPS) is 25.1. The van der Waals surface area contributed by atoms with Gasteiger partial charge in [-0.2, -0.15) is 0 Å². The Balaban J connectivity index is 0.000000303. The molecule has 1 aromatic rings. The Hall–Kier alpha value is -2.40. The number of methoxy groups -OCH3 is 2. The molecule has 0 aromatic carbocycles. The van der Waals surface area contributed by atoms with Crippen LogP contribution in [0, 0.1) is 17.8 Å². The molecule has 176 valence electrons. The summed E-state index contributed by atoms with van der Waals surface area (Å²) in [6.45, 7) is 0. The van der Waals surface area contributed by atoms with Gasteiger partial charge in [0.1, 0.15) is 0 Å². The summed E-state index contributed by atoms with van der Waals surface area (Å²) in [4.78, 5) is 44.4. The van der Waals surface area contributed by atoms with Crippen LogP contribution in [0.1, 0.15) is 63.2 Å². The van der Waals surface area contributed by atoms with Crippen LogP contribution in [-0.4, -0.2) is 42.3 Å². The number of nitrogens with zero attached hydrogens (tertiary/aromatic N) is 1. The Morgan fingerprint density at radius 3 is 1.77 bits per heavy atom. The molecular formula is C19H31ClN4O7. The maximum atomic E-state index is 11.3. The van der Waals surface area contributed by atoms with E-state index in [4.69, 9.17) is 15.0 Å². The van der Waals surface area contributed by atoms with Gasteiger partial charge in [0, 0.05) is 11.8 Å². The Morgan fingerprint density at radius 1 is 0.935 bits per heavy atom. The van der Waals surface area contributed by atoms with Crippen molar-refractivity contribution >= 4 is 30.3 Å². The molecule has 0 aliphatic heterocycles. The number of hydrogen-bond donors (Lipinski definition) is 3. The number of aromatic nitrogens is 2. The van der Waals surface area contributed by atoms with Crippen LogP contribution < -0.4 is 17.0 Å². The van der Waals surface area contributed by atoms with Gasteiger partial charge in [0.2, 0.25) is 11.8 Å². The first-order chi connectivity index (χ1) is 14.4. The highest BCUT2D eigenvalue weighted by atomic mass is 35.5. The molecule has 1 aromatic heterocycles. The quantitative estimate of drug-likeness (QED) is 0.257. The highest BCUT2D eigenvalue weighted by Crippen LogP contribution is 2.34. The molecule has 2 aliphatic rings. The van der Waals surface area contributed by atoms with Crippen molar-refractivity contribution in [1.82, 2.24) is 15.6 Å². The highest BCUT2D eigenvalue weighted by molar-refractivity contribution is 5.85. The van der Waals surface area contributed by atoms with Gasteiger partial charge in [-0.3, -0.25) is 19.8 Å². The standard InChI is InChI=1S/C10H14N2O4.C9H16N2O3.ClH/c1-15-9(13)7-4-2-6(3-5-7)8-11-12-10(14)16-8;1-14-9(13)7-4-2-6(3-5-7)8(12)11-10;/h6-7H,2-5H2,1H3,(H,12,14);6-7H,2-5,10H2,1H3,(H,11,12);1H. The summed E-state index contributed by atoms with van der Waals surface area (Å²) in [6, 6.07) is 0. The van der Waals surface area contributed by atoms with E-state index in [0.717, 1.165) is 25.7 Å². The van der Waals surface area contributed by atoms with Gasteiger partial charge < -0.3 is 13.9 Å². The van der Waals surface area contributed by atoms with E-state index in [2.05, 4.69) is 20.4 Å². The molecule has 2 saturated carbocycles. The molecule has 11 nitrogen and oxygen atoms in total. The van der Waals surface area contributed by atoms with Crippen LogP contribution in [0.3, 0.4) is 0 Å². The van der Waals surface area contributed by atoms with Crippen molar-refractivity contribution in [3.05, 3.63) is 16.4 Å². The number of esters is 2. The van der Waals surface area contributed by atoms with Gasteiger partial charge in [-0.05, 0) is 51.4 Å². The number of rotatable bonds is 4. The van der Waals surface area contributed by atoms with E-state index < -0.39 is 5.76 Å². The number of ether oxygens (including phenoxy) is 2. The number of carbonyl (C=O) groups excluding carboxylic acids is 3. The van der Waals surface area contributed by atoms with Crippen LogP contribution in [0.5, 0.6) is 0 Å². The number of halogens is 1. The summed E-state index contributed by atoms with van der Waals surface area (Å²) in [6.07, 6.45) is 5.96. The van der Waals surface area contributed by atoms with E-state index in [1.165, 1.54) is 14.2 Å². The summed E-state index contributed by atoms with van der Waals surface area (Å²) in [5.74, 6) is 4.55. The van der Waals surface area contributed by atoms with E-state index in [1.54, 1.807) is 0 Å². The maximum Gasteiger partial charge on any atom is 0.434 e. The zero-order valence-electron chi connectivity index (χ0n) is 17.8. The van der Waals surface area contributed by atoms with Gasteiger partial charge in [-0.15, -0.1) is 17.5 Å². The zero-order valence-corrected chi connectivity index (χ0v) is 18.6. The van der Waals surface area contributed by atoms with Crippen molar-refractivity contribution in [2.24, 2.45) is 23.6 Å². The predicted octanol–water partition coefficient (Wildman–Crippen LogP) is 1.19. The maximum absolute atomic E-state index is 11.3. The average Bonchev–Trinajstić information content (AvgIpc) is 3.24. The molecule has 12 heteroatoms. The molecular weight excluding hydrogens is 432 g/mol. The minimum atomic E-state index is -0.523. The molecule has 1 heterocycles. The van der Waals surface area contributed by atoms with Gasteiger partial charge in [0.15, 0.2) is 0 Å². The first kappa shape index (κ1) is 26.6. The molecule has 0 atom stereocenters. The average molecular weight is 463 g/mol. The fourth-order valence-electron chi connectivity index (χ4n) is 4.03. The number of amides is 1. The minimum absolute atomic E-state index is 0.